The lowest BCUT2D eigenvalue weighted by Crippen LogP contribution is -2.27. The van der Waals surface area contributed by atoms with E-state index in [1.807, 2.05) is 0 Å². The third-order valence-corrected chi connectivity index (χ3v) is 4.71. The average molecular weight is 287 g/mol. The average Bonchev–Trinajstić information content (AvgIpc) is 3.21. The molecule has 1 aromatic rings. The molecule has 3 heteroatoms. The van der Waals surface area contributed by atoms with Gasteiger partial charge < -0.3 is 15.1 Å². The minimum Gasteiger partial charge on any atom is -0.310 e. The van der Waals surface area contributed by atoms with Gasteiger partial charge in [0.25, 0.3) is 0 Å². The molecule has 1 saturated carbocycles. The van der Waals surface area contributed by atoms with Crippen molar-refractivity contribution in [2.24, 2.45) is 5.92 Å². The first-order valence-corrected chi connectivity index (χ1v) is 8.37. The van der Waals surface area contributed by atoms with Gasteiger partial charge in [0.2, 0.25) is 0 Å². The molecule has 1 aromatic carbocycles. The summed E-state index contributed by atoms with van der Waals surface area (Å²) in [6, 6.07) is 9.94. The molecule has 1 atom stereocenters. The second kappa shape index (κ2) is 6.91. The van der Waals surface area contributed by atoms with E-state index in [9.17, 15) is 0 Å². The largest absolute Gasteiger partial charge is 0.310 e. The molecule has 0 spiro atoms. The van der Waals surface area contributed by atoms with Crippen LogP contribution in [0.5, 0.6) is 0 Å². The summed E-state index contributed by atoms with van der Waals surface area (Å²) in [6.45, 7) is 5.83. The van der Waals surface area contributed by atoms with E-state index in [1.54, 1.807) is 0 Å². The fourth-order valence-electron chi connectivity index (χ4n) is 3.30. The zero-order valence-electron chi connectivity index (χ0n) is 13.5. The smallest absolute Gasteiger partial charge is 0.0230 e. The molecule has 21 heavy (non-hydrogen) atoms. The maximum Gasteiger partial charge on any atom is 0.0230 e. The first kappa shape index (κ1) is 15.0. The molecule has 3 rings (SSSR count). The van der Waals surface area contributed by atoms with Crippen LogP contribution >= 0.6 is 0 Å². The molecule has 116 valence electrons. The molecule has 1 unspecified atom stereocenters. The Kier molecular flexibility index (Phi) is 4.94. The fraction of sp³-hybridized carbons (Fsp3) is 0.667. The lowest BCUT2D eigenvalue weighted by Gasteiger charge is -2.21. The third kappa shape index (κ3) is 4.80. The van der Waals surface area contributed by atoms with E-state index >= 15 is 0 Å². The maximum atomic E-state index is 3.57. The van der Waals surface area contributed by atoms with Crippen LogP contribution in [0.25, 0.3) is 0 Å². The van der Waals surface area contributed by atoms with E-state index in [4.69, 9.17) is 0 Å². The molecule has 1 N–H and O–H groups in total. The summed E-state index contributed by atoms with van der Waals surface area (Å²) in [4.78, 5) is 4.92. The predicted molar refractivity (Wildman–Crippen MR) is 88.2 cm³/mol. The van der Waals surface area contributed by atoms with Gasteiger partial charge in [0.1, 0.15) is 0 Å². The maximum absolute atomic E-state index is 3.57. The van der Waals surface area contributed by atoms with Gasteiger partial charge in [0.15, 0.2) is 0 Å². The molecule has 0 aromatic heterocycles. The summed E-state index contributed by atoms with van der Waals surface area (Å²) < 4.78 is 0. The third-order valence-electron chi connectivity index (χ3n) is 4.71. The van der Waals surface area contributed by atoms with Crippen LogP contribution in [-0.2, 0) is 13.1 Å². The Hall–Kier alpha value is -0.900. The van der Waals surface area contributed by atoms with Crippen LogP contribution < -0.4 is 5.32 Å². The van der Waals surface area contributed by atoms with Crippen LogP contribution in [0.15, 0.2) is 24.3 Å². The van der Waals surface area contributed by atoms with E-state index in [0.717, 1.165) is 25.0 Å². The van der Waals surface area contributed by atoms with Gasteiger partial charge in [-0.25, -0.2) is 0 Å². The second-order valence-corrected chi connectivity index (χ2v) is 7.09. The standard InChI is InChI=1S/C18H29N3/c1-20-10-9-17(13-20)14-21(2)12-16-5-3-15(4-6-16)11-19-18-7-8-18/h3-6,17-19H,7-14H2,1-2H3. The number of rotatable bonds is 7. The normalized spacial score (nSPS) is 23.1. The van der Waals surface area contributed by atoms with Crippen LogP contribution in [0.2, 0.25) is 0 Å². The Bertz CT molecular complexity index is 438. The molecule has 3 nitrogen and oxygen atoms in total. The number of benzene rings is 1. The molecule has 2 aliphatic rings. The molecular weight excluding hydrogens is 258 g/mol. The van der Waals surface area contributed by atoms with Crippen LogP contribution in [0.3, 0.4) is 0 Å². The van der Waals surface area contributed by atoms with Gasteiger partial charge >= 0.3 is 0 Å². The highest BCUT2D eigenvalue weighted by Gasteiger charge is 2.21. The summed E-state index contributed by atoms with van der Waals surface area (Å²) in [6.07, 6.45) is 4.07. The van der Waals surface area contributed by atoms with Crippen molar-refractivity contribution in [1.82, 2.24) is 15.1 Å². The number of hydrogen-bond acceptors (Lipinski definition) is 3. The number of hydrogen-bond donors (Lipinski definition) is 1. The lowest BCUT2D eigenvalue weighted by atomic mass is 10.1. The van der Waals surface area contributed by atoms with Crippen molar-refractivity contribution in [3.63, 3.8) is 0 Å². The SMILES string of the molecule is CN1CCC(CN(C)Cc2ccc(CNC3CC3)cc2)C1. The van der Waals surface area contributed by atoms with Gasteiger partial charge in [-0.15, -0.1) is 0 Å². The van der Waals surface area contributed by atoms with Crippen molar-refractivity contribution in [1.29, 1.82) is 0 Å². The van der Waals surface area contributed by atoms with Crippen molar-refractivity contribution < 1.29 is 0 Å². The summed E-state index contributed by atoms with van der Waals surface area (Å²) in [5, 5.41) is 3.57. The highest BCUT2D eigenvalue weighted by atomic mass is 15.1. The van der Waals surface area contributed by atoms with Crippen molar-refractivity contribution in [2.75, 3.05) is 33.7 Å². The molecule has 0 bridgehead atoms. The molecular formula is C18H29N3. The molecule has 1 saturated heterocycles. The van der Waals surface area contributed by atoms with Crippen LogP contribution in [0, 0.1) is 5.92 Å². The monoisotopic (exact) mass is 287 g/mol. The highest BCUT2D eigenvalue weighted by molar-refractivity contribution is 5.22. The Labute approximate surface area is 129 Å². The molecule has 1 heterocycles. The van der Waals surface area contributed by atoms with Crippen LogP contribution in [0.1, 0.15) is 30.4 Å². The van der Waals surface area contributed by atoms with E-state index in [2.05, 4.69) is 53.5 Å². The van der Waals surface area contributed by atoms with Gasteiger partial charge in [-0.3, -0.25) is 0 Å². The van der Waals surface area contributed by atoms with Gasteiger partial charge in [-0.05, 0) is 56.9 Å². The Morgan fingerprint density at radius 2 is 1.86 bits per heavy atom. The lowest BCUT2D eigenvalue weighted by molar-refractivity contribution is 0.267. The highest BCUT2D eigenvalue weighted by Crippen LogP contribution is 2.19. The van der Waals surface area contributed by atoms with E-state index in [-0.39, 0.29) is 0 Å². The molecule has 1 aliphatic heterocycles. The van der Waals surface area contributed by atoms with E-state index in [0.29, 0.717) is 0 Å². The van der Waals surface area contributed by atoms with E-state index < -0.39 is 0 Å². The zero-order chi connectivity index (χ0) is 14.7. The van der Waals surface area contributed by atoms with Gasteiger partial charge in [0.05, 0.1) is 0 Å². The number of likely N-dealkylation sites (tertiary alicyclic amines) is 1. The van der Waals surface area contributed by atoms with Crippen molar-refractivity contribution in [3.8, 4) is 0 Å². The summed E-state index contributed by atoms with van der Waals surface area (Å²) in [7, 11) is 4.48. The molecule has 2 fully saturated rings. The minimum atomic E-state index is 0.792. The molecule has 1 aliphatic carbocycles. The Morgan fingerprint density at radius 1 is 1.14 bits per heavy atom. The van der Waals surface area contributed by atoms with Crippen molar-refractivity contribution >= 4 is 0 Å². The topological polar surface area (TPSA) is 18.5 Å². The Morgan fingerprint density at radius 3 is 2.48 bits per heavy atom. The molecule has 0 amide bonds. The van der Waals surface area contributed by atoms with Crippen LogP contribution in [-0.4, -0.2) is 49.6 Å². The van der Waals surface area contributed by atoms with Crippen LogP contribution in [0.4, 0.5) is 0 Å². The number of nitrogens with zero attached hydrogens (tertiary/aromatic N) is 2. The quantitative estimate of drug-likeness (QED) is 0.830. The summed E-state index contributed by atoms with van der Waals surface area (Å²) >= 11 is 0. The zero-order valence-corrected chi connectivity index (χ0v) is 13.5. The Balaban J connectivity index is 1.43. The molecule has 0 radical (unpaired) electrons. The van der Waals surface area contributed by atoms with Crippen molar-refractivity contribution in [2.45, 2.75) is 38.4 Å². The van der Waals surface area contributed by atoms with Crippen molar-refractivity contribution in [3.05, 3.63) is 35.4 Å². The van der Waals surface area contributed by atoms with Gasteiger partial charge in [0, 0.05) is 32.2 Å². The number of nitrogens with one attached hydrogen (secondary N) is 1. The summed E-state index contributed by atoms with van der Waals surface area (Å²) in [5.74, 6) is 0.849. The van der Waals surface area contributed by atoms with Gasteiger partial charge in [-0.2, -0.15) is 0 Å². The van der Waals surface area contributed by atoms with Gasteiger partial charge in [-0.1, -0.05) is 24.3 Å². The fourth-order valence-corrected chi connectivity index (χ4v) is 3.30. The second-order valence-electron chi connectivity index (χ2n) is 7.09. The summed E-state index contributed by atoms with van der Waals surface area (Å²) in [5.41, 5.74) is 2.84. The first-order chi connectivity index (χ1) is 10.2. The van der Waals surface area contributed by atoms with E-state index in [1.165, 1.54) is 50.0 Å². The predicted octanol–water partition coefficient (Wildman–Crippen LogP) is 2.32. The minimum absolute atomic E-state index is 0.792. The first-order valence-electron chi connectivity index (χ1n) is 8.37.